The molecule has 3 rings (SSSR count). The minimum Gasteiger partial charge on any atom is -0.440 e. The van der Waals surface area contributed by atoms with Gasteiger partial charge in [-0.25, -0.2) is 8.42 Å². The molecule has 1 aliphatic rings. The molecule has 6 nitrogen and oxygen atoms in total. The summed E-state index contributed by atoms with van der Waals surface area (Å²) in [7, 11) is -3.55. The highest BCUT2D eigenvalue weighted by Gasteiger charge is 2.29. The lowest BCUT2D eigenvalue weighted by molar-refractivity contribution is 0.331. The number of sulfonamides is 1. The minimum atomic E-state index is -3.55. The van der Waals surface area contributed by atoms with E-state index in [1.165, 1.54) is 10.4 Å². The topological polar surface area (TPSA) is 76.6 Å². The molecular weight excluding hydrogens is 292 g/mol. The fourth-order valence-corrected chi connectivity index (χ4v) is 3.89. The molecule has 1 saturated heterocycles. The Kier molecular flexibility index (Phi) is 3.62. The highest BCUT2D eigenvalue weighted by molar-refractivity contribution is 7.89. The molecule has 0 N–H and O–H groups in total. The zero-order valence-corrected chi connectivity index (χ0v) is 12.9. The van der Waals surface area contributed by atoms with Crippen LogP contribution < -0.4 is 0 Å². The molecule has 21 heavy (non-hydrogen) atoms. The second-order valence-electron chi connectivity index (χ2n) is 5.31. The van der Waals surface area contributed by atoms with Crippen molar-refractivity contribution in [3.8, 4) is 11.5 Å². The summed E-state index contributed by atoms with van der Waals surface area (Å²) in [5.41, 5.74) is 1.62. The zero-order chi connectivity index (χ0) is 15.0. The number of aromatic nitrogens is 1. The lowest BCUT2D eigenvalue weighted by atomic mass is 10.2. The van der Waals surface area contributed by atoms with E-state index < -0.39 is 10.0 Å². The van der Waals surface area contributed by atoms with E-state index in [0.29, 0.717) is 24.6 Å². The number of nitrogens with zero attached hydrogens (tertiary/aromatic N) is 2. The Morgan fingerprint density at radius 3 is 2.48 bits per heavy atom. The number of piperidine rings is 1. The first-order chi connectivity index (χ1) is 10.00. The van der Waals surface area contributed by atoms with Crippen molar-refractivity contribution in [1.29, 1.82) is 0 Å². The minimum absolute atomic E-state index is 0.0344. The fraction of sp³-hybridized carbons (Fsp3) is 0.500. The maximum Gasteiger partial charge on any atom is 0.276 e. The van der Waals surface area contributed by atoms with Crippen molar-refractivity contribution >= 4 is 10.0 Å². The van der Waals surface area contributed by atoms with Crippen LogP contribution in [0, 0.1) is 13.8 Å². The van der Waals surface area contributed by atoms with Gasteiger partial charge in [-0.1, -0.05) is 11.6 Å². The quantitative estimate of drug-likeness (QED) is 0.871. The van der Waals surface area contributed by atoms with Crippen LogP contribution in [0.3, 0.4) is 0 Å². The maximum absolute atomic E-state index is 12.5. The van der Waals surface area contributed by atoms with Crippen molar-refractivity contribution in [1.82, 2.24) is 9.46 Å². The Hall–Kier alpha value is -1.60. The largest absolute Gasteiger partial charge is 0.440 e. The molecule has 2 aromatic rings. The van der Waals surface area contributed by atoms with Gasteiger partial charge in [-0.15, -0.1) is 0 Å². The van der Waals surface area contributed by atoms with Gasteiger partial charge in [0.1, 0.15) is 0 Å². The van der Waals surface area contributed by atoms with E-state index in [1.807, 2.05) is 13.8 Å². The summed E-state index contributed by atoms with van der Waals surface area (Å²) in [6, 6.07) is 3.10. The molecule has 0 radical (unpaired) electrons. The molecule has 2 aromatic heterocycles. The van der Waals surface area contributed by atoms with E-state index in [-0.39, 0.29) is 5.09 Å². The number of furan rings is 1. The third kappa shape index (κ3) is 2.51. The van der Waals surface area contributed by atoms with Crippen molar-refractivity contribution in [3.63, 3.8) is 0 Å². The maximum atomic E-state index is 12.5. The molecule has 0 aliphatic carbocycles. The second-order valence-corrected chi connectivity index (χ2v) is 7.17. The van der Waals surface area contributed by atoms with E-state index in [4.69, 9.17) is 8.94 Å². The third-order valence-electron chi connectivity index (χ3n) is 3.87. The van der Waals surface area contributed by atoms with Gasteiger partial charge in [-0.2, -0.15) is 4.31 Å². The van der Waals surface area contributed by atoms with Crippen molar-refractivity contribution < 1.29 is 17.4 Å². The van der Waals surface area contributed by atoms with Crippen LogP contribution >= 0.6 is 0 Å². The Balaban J connectivity index is 1.92. The van der Waals surface area contributed by atoms with Crippen LogP contribution in [0.4, 0.5) is 0 Å². The first-order valence-corrected chi connectivity index (χ1v) is 8.47. The van der Waals surface area contributed by atoms with Gasteiger partial charge in [-0.3, -0.25) is 0 Å². The van der Waals surface area contributed by atoms with Crippen LogP contribution in [-0.4, -0.2) is 31.0 Å². The summed E-state index contributed by atoms with van der Waals surface area (Å²) in [4.78, 5) is 0. The van der Waals surface area contributed by atoms with Crippen LogP contribution in [0.25, 0.3) is 11.5 Å². The average Bonchev–Trinajstić information content (AvgIpc) is 3.09. The van der Waals surface area contributed by atoms with Gasteiger partial charge in [0.2, 0.25) is 10.9 Å². The Morgan fingerprint density at radius 1 is 1.14 bits per heavy atom. The lowest BCUT2D eigenvalue weighted by Gasteiger charge is -2.24. The molecule has 0 bridgehead atoms. The van der Waals surface area contributed by atoms with Gasteiger partial charge >= 0.3 is 0 Å². The first kappa shape index (κ1) is 14.3. The summed E-state index contributed by atoms with van der Waals surface area (Å²) in [6.45, 7) is 4.80. The molecule has 1 fully saturated rings. The average molecular weight is 310 g/mol. The molecule has 3 heterocycles. The van der Waals surface area contributed by atoms with Gasteiger partial charge in [0.05, 0.1) is 5.69 Å². The standard InChI is InChI=1S/C14H18N2O4S/c1-10-11(2)15-20-14(10)12-6-7-13(19-12)21(17,18)16-8-4-3-5-9-16/h6-7H,3-5,8-9H2,1-2H3. The summed E-state index contributed by atoms with van der Waals surface area (Å²) in [5.74, 6) is 0.872. The number of hydrogen-bond acceptors (Lipinski definition) is 5. The Labute approximate surface area is 123 Å². The van der Waals surface area contributed by atoms with Gasteiger partial charge in [0.25, 0.3) is 10.0 Å². The van der Waals surface area contributed by atoms with Gasteiger partial charge in [-0.05, 0) is 38.8 Å². The van der Waals surface area contributed by atoms with Crippen LogP contribution in [-0.2, 0) is 10.0 Å². The molecule has 0 amide bonds. The molecule has 0 saturated carbocycles. The van der Waals surface area contributed by atoms with E-state index in [0.717, 1.165) is 30.5 Å². The molecule has 0 aromatic carbocycles. The first-order valence-electron chi connectivity index (χ1n) is 7.03. The van der Waals surface area contributed by atoms with Crippen molar-refractivity contribution in [2.24, 2.45) is 0 Å². The predicted molar refractivity (Wildman–Crippen MR) is 76.3 cm³/mol. The molecule has 7 heteroatoms. The second kappa shape index (κ2) is 5.31. The van der Waals surface area contributed by atoms with Crippen LogP contribution in [0.5, 0.6) is 0 Å². The molecule has 1 aliphatic heterocycles. The third-order valence-corrected chi connectivity index (χ3v) is 5.64. The summed E-state index contributed by atoms with van der Waals surface area (Å²) < 4.78 is 37.2. The zero-order valence-electron chi connectivity index (χ0n) is 12.1. The van der Waals surface area contributed by atoms with Crippen molar-refractivity contribution in [3.05, 3.63) is 23.4 Å². The van der Waals surface area contributed by atoms with E-state index in [9.17, 15) is 8.42 Å². The van der Waals surface area contributed by atoms with Gasteiger partial charge < -0.3 is 8.94 Å². The van der Waals surface area contributed by atoms with E-state index >= 15 is 0 Å². The van der Waals surface area contributed by atoms with E-state index in [1.54, 1.807) is 6.07 Å². The highest BCUT2D eigenvalue weighted by atomic mass is 32.2. The predicted octanol–water partition coefficient (Wildman–Crippen LogP) is 2.73. The van der Waals surface area contributed by atoms with Gasteiger partial charge in [0, 0.05) is 18.7 Å². The van der Waals surface area contributed by atoms with Gasteiger partial charge in [0.15, 0.2) is 5.76 Å². The fourth-order valence-electron chi connectivity index (χ4n) is 2.46. The highest BCUT2D eigenvalue weighted by Crippen LogP contribution is 2.30. The summed E-state index contributed by atoms with van der Waals surface area (Å²) in [5, 5.41) is 3.82. The molecule has 0 spiro atoms. The lowest BCUT2D eigenvalue weighted by Crippen LogP contribution is -2.35. The Morgan fingerprint density at radius 2 is 1.86 bits per heavy atom. The number of hydrogen-bond donors (Lipinski definition) is 0. The SMILES string of the molecule is Cc1noc(-c2ccc(S(=O)(=O)N3CCCCC3)o2)c1C. The van der Waals surface area contributed by atoms with Crippen LogP contribution in [0.1, 0.15) is 30.5 Å². The molecular formula is C14H18N2O4S. The Bertz CT molecular complexity index is 739. The van der Waals surface area contributed by atoms with Crippen molar-refractivity contribution in [2.75, 3.05) is 13.1 Å². The monoisotopic (exact) mass is 310 g/mol. The normalized spacial score (nSPS) is 17.2. The van der Waals surface area contributed by atoms with E-state index in [2.05, 4.69) is 5.16 Å². The smallest absolute Gasteiger partial charge is 0.276 e. The summed E-state index contributed by atoms with van der Waals surface area (Å²) in [6.07, 6.45) is 2.87. The van der Waals surface area contributed by atoms with Crippen molar-refractivity contribution in [2.45, 2.75) is 38.2 Å². The number of aryl methyl sites for hydroxylation is 1. The molecule has 0 unspecified atom stereocenters. The van der Waals surface area contributed by atoms with Crippen LogP contribution in [0.15, 0.2) is 26.2 Å². The molecule has 114 valence electrons. The van der Waals surface area contributed by atoms with Crippen LogP contribution in [0.2, 0.25) is 0 Å². The molecule has 0 atom stereocenters. The summed E-state index contributed by atoms with van der Waals surface area (Å²) >= 11 is 0. The number of rotatable bonds is 3.